The number of carbonyl (C=O) groups is 1. The van der Waals surface area contributed by atoms with E-state index in [1.165, 1.54) is 0 Å². The molecule has 0 unspecified atom stereocenters. The van der Waals surface area contributed by atoms with Gasteiger partial charge in [0.1, 0.15) is 12.0 Å². The number of hydrogen-bond acceptors (Lipinski definition) is 7. The molecule has 0 spiro atoms. The van der Waals surface area contributed by atoms with E-state index in [0.29, 0.717) is 0 Å². The fraction of sp³-hybridized carbons (Fsp3) is 0.500. The molecule has 1 aromatic heterocycles. The van der Waals surface area contributed by atoms with Gasteiger partial charge >= 0.3 is 5.69 Å². The number of aromatic amines is 1. The van der Waals surface area contributed by atoms with Crippen molar-refractivity contribution >= 4 is 5.91 Å². The minimum absolute atomic E-state index is 0.682. The topological polar surface area (TPSA) is 196 Å². The van der Waals surface area contributed by atoms with Crippen molar-refractivity contribution in [1.29, 1.82) is 0 Å². The lowest BCUT2D eigenvalue weighted by Gasteiger charge is -2.24. The van der Waals surface area contributed by atoms with E-state index in [-0.39, 0.29) is 0 Å². The fourth-order valence-corrected chi connectivity index (χ4v) is 2.26. The van der Waals surface area contributed by atoms with Crippen LogP contribution in [0.4, 0.5) is 0 Å². The van der Waals surface area contributed by atoms with Gasteiger partial charge in [-0.1, -0.05) is 5.11 Å². The molecule has 1 aliphatic rings. The number of nitrogens with one attached hydrogen (secondary N) is 1. The Bertz CT molecular complexity index is 751. The van der Waals surface area contributed by atoms with Gasteiger partial charge in [-0.05, 0) is 5.53 Å². The lowest BCUT2D eigenvalue weighted by atomic mass is 9.95. The summed E-state index contributed by atoms with van der Waals surface area (Å²) in [6, 6.07) is 0.988. The summed E-state index contributed by atoms with van der Waals surface area (Å²) in [5.41, 5.74) is 9.94. The van der Waals surface area contributed by atoms with E-state index in [1.54, 1.807) is 0 Å². The number of amides is 1. The summed E-state index contributed by atoms with van der Waals surface area (Å²) in [6.45, 7) is -0.948. The Kier molecular flexibility index (Phi) is 4.01. The van der Waals surface area contributed by atoms with E-state index in [4.69, 9.17) is 16.0 Å². The smallest absolute Gasteiger partial charge is 0.330 e. The van der Waals surface area contributed by atoms with Crippen molar-refractivity contribution in [2.24, 2.45) is 16.8 Å². The van der Waals surface area contributed by atoms with Crippen molar-refractivity contribution in [3.63, 3.8) is 0 Å². The maximum absolute atomic E-state index is 11.8. The normalized spacial score (nSPS) is 30.7. The molecule has 1 aromatic rings. The summed E-state index contributed by atoms with van der Waals surface area (Å²) in [5, 5.41) is 22.7. The monoisotopic (exact) mass is 312 g/mol. The van der Waals surface area contributed by atoms with Gasteiger partial charge in [0, 0.05) is 17.2 Å². The Labute approximate surface area is 121 Å². The Morgan fingerprint density at radius 1 is 1.64 bits per heavy atom. The van der Waals surface area contributed by atoms with Crippen LogP contribution in [0.2, 0.25) is 0 Å². The van der Waals surface area contributed by atoms with Gasteiger partial charge in [-0.25, -0.2) is 4.79 Å². The molecule has 5 N–H and O–H groups in total. The Morgan fingerprint density at radius 2 is 2.32 bits per heavy atom. The summed E-state index contributed by atoms with van der Waals surface area (Å²) in [5.74, 6) is -2.53. The number of H-pyrrole nitrogens is 1. The Balaban J connectivity index is 2.59. The number of ether oxygens (including phenoxy) is 1. The molecule has 0 aromatic carbocycles. The van der Waals surface area contributed by atoms with Crippen molar-refractivity contribution < 1.29 is 19.7 Å². The maximum atomic E-state index is 11.8. The number of rotatable bonds is 4. The molecule has 0 bridgehead atoms. The van der Waals surface area contributed by atoms with Gasteiger partial charge in [0.15, 0.2) is 12.0 Å². The van der Waals surface area contributed by atoms with Gasteiger partial charge in [0.25, 0.3) is 5.56 Å². The molecule has 118 valence electrons. The molecular weight excluding hydrogens is 300 g/mol. The summed E-state index contributed by atoms with van der Waals surface area (Å²) in [4.78, 5) is 38.8. The Hall–Kier alpha value is -2.66. The number of azide groups is 1. The molecule has 22 heavy (non-hydrogen) atoms. The van der Waals surface area contributed by atoms with Crippen LogP contribution in [0.5, 0.6) is 0 Å². The van der Waals surface area contributed by atoms with Crippen LogP contribution in [-0.4, -0.2) is 44.1 Å². The highest BCUT2D eigenvalue weighted by Crippen LogP contribution is 2.41. The lowest BCUT2D eigenvalue weighted by Crippen LogP contribution is -2.45. The van der Waals surface area contributed by atoms with E-state index < -0.39 is 47.7 Å². The predicted octanol–water partition coefficient (Wildman–Crippen LogP) is -2.47. The first kappa shape index (κ1) is 15.7. The van der Waals surface area contributed by atoms with Crippen LogP contribution in [-0.2, 0) is 9.53 Å². The Morgan fingerprint density at radius 3 is 2.82 bits per heavy atom. The maximum Gasteiger partial charge on any atom is 0.330 e. The van der Waals surface area contributed by atoms with Crippen molar-refractivity contribution in [3.05, 3.63) is 43.5 Å². The number of hydrogen-bond donors (Lipinski definition) is 4. The molecule has 1 amide bonds. The van der Waals surface area contributed by atoms with Gasteiger partial charge in [0.2, 0.25) is 5.91 Å². The SMILES string of the molecule is [N-]=[N+]=N[C@]1(CO)O[C@@H](n2ccc(=O)[nH]c2=O)[C@@H](C(N)=O)[C@@H]1O. The van der Waals surface area contributed by atoms with Crippen molar-refractivity contribution in [1.82, 2.24) is 9.55 Å². The standard InChI is InChI=1S/C10H12N6O6/c11-7(20)5-6(19)10(3-17,14-15-12)22-8(5)16-2-1-4(18)13-9(16)21/h1-2,5-6,8,17,19H,3H2,(H2,11,20)(H,13,18,21)/t5-,6+,8-,10-/m1/s1. The zero-order valence-corrected chi connectivity index (χ0v) is 11.0. The zero-order valence-electron chi connectivity index (χ0n) is 11.0. The number of aromatic nitrogens is 2. The van der Waals surface area contributed by atoms with Crippen LogP contribution < -0.4 is 17.0 Å². The second kappa shape index (κ2) is 5.61. The van der Waals surface area contributed by atoms with Gasteiger partial charge in [-0.2, -0.15) is 0 Å². The molecule has 0 radical (unpaired) electrons. The average Bonchev–Trinajstić information content (AvgIpc) is 2.73. The highest BCUT2D eigenvalue weighted by atomic mass is 16.6. The van der Waals surface area contributed by atoms with Crippen molar-refractivity contribution in [2.75, 3.05) is 6.61 Å². The molecule has 12 heteroatoms. The fourth-order valence-electron chi connectivity index (χ4n) is 2.26. The number of aliphatic hydroxyl groups is 2. The lowest BCUT2D eigenvalue weighted by molar-refractivity contribution is -0.129. The summed E-state index contributed by atoms with van der Waals surface area (Å²) in [7, 11) is 0. The van der Waals surface area contributed by atoms with Crippen LogP contribution >= 0.6 is 0 Å². The molecule has 0 aliphatic carbocycles. The molecule has 2 heterocycles. The molecule has 0 saturated carbocycles. The van der Waals surface area contributed by atoms with Crippen LogP contribution in [0, 0.1) is 5.92 Å². The van der Waals surface area contributed by atoms with Gasteiger partial charge < -0.3 is 20.7 Å². The van der Waals surface area contributed by atoms with E-state index in [2.05, 4.69) is 10.0 Å². The molecule has 1 aliphatic heterocycles. The molecular formula is C10H12N6O6. The van der Waals surface area contributed by atoms with Crippen LogP contribution in [0.1, 0.15) is 6.23 Å². The molecule has 1 saturated heterocycles. The second-order valence-corrected chi connectivity index (χ2v) is 4.59. The zero-order chi connectivity index (χ0) is 16.5. The minimum atomic E-state index is -2.17. The third-order valence-corrected chi connectivity index (χ3v) is 3.33. The number of carbonyl (C=O) groups excluding carboxylic acids is 1. The van der Waals surface area contributed by atoms with Gasteiger partial charge in [0.05, 0.1) is 6.61 Å². The van der Waals surface area contributed by atoms with Crippen LogP contribution in [0.15, 0.2) is 27.0 Å². The first-order valence-corrected chi connectivity index (χ1v) is 6.00. The summed E-state index contributed by atoms with van der Waals surface area (Å²) in [6.07, 6.45) is -2.22. The summed E-state index contributed by atoms with van der Waals surface area (Å²) >= 11 is 0. The quantitative estimate of drug-likeness (QED) is 0.270. The van der Waals surface area contributed by atoms with Crippen molar-refractivity contribution in [2.45, 2.75) is 18.1 Å². The van der Waals surface area contributed by atoms with E-state index >= 15 is 0 Å². The van der Waals surface area contributed by atoms with E-state index in [1.807, 2.05) is 4.98 Å². The third kappa shape index (κ3) is 2.35. The van der Waals surface area contributed by atoms with Crippen LogP contribution in [0.25, 0.3) is 10.4 Å². The van der Waals surface area contributed by atoms with Gasteiger partial charge in [-0.3, -0.25) is 19.1 Å². The number of nitrogens with two attached hydrogens (primary N) is 1. The molecule has 12 nitrogen and oxygen atoms in total. The number of primary amides is 1. The third-order valence-electron chi connectivity index (χ3n) is 3.33. The summed E-state index contributed by atoms with van der Waals surface area (Å²) < 4.78 is 6.05. The first-order chi connectivity index (χ1) is 10.4. The molecule has 2 rings (SSSR count). The largest absolute Gasteiger partial charge is 0.393 e. The first-order valence-electron chi connectivity index (χ1n) is 6.00. The number of aliphatic hydroxyl groups excluding tert-OH is 2. The highest BCUT2D eigenvalue weighted by molar-refractivity contribution is 5.78. The second-order valence-electron chi connectivity index (χ2n) is 4.59. The van der Waals surface area contributed by atoms with Gasteiger partial charge in [-0.15, -0.1) is 0 Å². The molecule has 4 atom stereocenters. The van der Waals surface area contributed by atoms with Crippen molar-refractivity contribution in [3.8, 4) is 0 Å². The van der Waals surface area contributed by atoms with E-state index in [9.17, 15) is 24.6 Å². The highest BCUT2D eigenvalue weighted by Gasteiger charge is 2.57. The number of nitrogens with zero attached hydrogens (tertiary/aromatic N) is 4. The van der Waals surface area contributed by atoms with Crippen LogP contribution in [0.3, 0.4) is 0 Å². The van der Waals surface area contributed by atoms with E-state index in [0.717, 1.165) is 16.8 Å². The minimum Gasteiger partial charge on any atom is -0.393 e. The predicted molar refractivity (Wildman–Crippen MR) is 69.1 cm³/mol. The molecule has 1 fully saturated rings. The average molecular weight is 312 g/mol.